The fraction of sp³-hybridized carbons (Fsp3) is 0.385. The van der Waals surface area contributed by atoms with E-state index < -0.39 is 0 Å². The Labute approximate surface area is 111 Å². The maximum Gasteiger partial charge on any atom is 0.187 e. The van der Waals surface area contributed by atoms with Gasteiger partial charge in [0.15, 0.2) is 5.16 Å². The first kappa shape index (κ1) is 13.1. The van der Waals surface area contributed by atoms with Gasteiger partial charge in [-0.05, 0) is 24.6 Å². The van der Waals surface area contributed by atoms with E-state index in [0.717, 1.165) is 29.6 Å². The van der Waals surface area contributed by atoms with Crippen LogP contribution >= 0.6 is 11.8 Å². The van der Waals surface area contributed by atoms with E-state index in [1.165, 1.54) is 0 Å². The van der Waals surface area contributed by atoms with Gasteiger partial charge in [-0.1, -0.05) is 18.7 Å². The van der Waals surface area contributed by atoms with Crippen molar-refractivity contribution in [3.63, 3.8) is 0 Å². The van der Waals surface area contributed by atoms with Gasteiger partial charge in [-0.3, -0.25) is 0 Å². The van der Waals surface area contributed by atoms with Crippen molar-refractivity contribution in [2.75, 3.05) is 6.54 Å². The van der Waals surface area contributed by atoms with Crippen molar-refractivity contribution in [3.05, 3.63) is 42.1 Å². The summed E-state index contributed by atoms with van der Waals surface area (Å²) in [6.45, 7) is 5.79. The molecule has 0 fully saturated rings. The summed E-state index contributed by atoms with van der Waals surface area (Å²) < 4.78 is 5.25. The van der Waals surface area contributed by atoms with E-state index >= 15 is 0 Å². The molecule has 0 radical (unpaired) electrons. The molecule has 0 aromatic carbocycles. The molecule has 2 aromatic heterocycles. The first-order valence-corrected chi connectivity index (χ1v) is 6.80. The molecule has 0 aliphatic rings. The van der Waals surface area contributed by atoms with Crippen molar-refractivity contribution in [3.8, 4) is 0 Å². The lowest BCUT2D eigenvalue weighted by Crippen LogP contribution is -2.22. The van der Waals surface area contributed by atoms with Crippen molar-refractivity contribution in [2.24, 2.45) is 0 Å². The monoisotopic (exact) mass is 263 g/mol. The highest BCUT2D eigenvalue weighted by molar-refractivity contribution is 7.99. The number of furan rings is 1. The quantitative estimate of drug-likeness (QED) is 0.641. The minimum absolute atomic E-state index is 0.419. The van der Waals surface area contributed by atoms with Gasteiger partial charge in [-0.2, -0.15) is 0 Å². The Kier molecular flexibility index (Phi) is 4.78. The average Bonchev–Trinajstić information content (AvgIpc) is 2.85. The lowest BCUT2D eigenvalue weighted by atomic mass is 10.4. The van der Waals surface area contributed by atoms with Crippen LogP contribution in [0.4, 0.5) is 0 Å². The Morgan fingerprint density at radius 1 is 1.39 bits per heavy atom. The smallest absolute Gasteiger partial charge is 0.187 e. The molecular weight excluding hydrogens is 246 g/mol. The van der Waals surface area contributed by atoms with Gasteiger partial charge in [-0.25, -0.2) is 9.97 Å². The van der Waals surface area contributed by atoms with Crippen LogP contribution in [0.25, 0.3) is 0 Å². The summed E-state index contributed by atoms with van der Waals surface area (Å²) >= 11 is 1.67. The van der Waals surface area contributed by atoms with Crippen LogP contribution in [0, 0.1) is 6.92 Å². The number of hydrogen-bond donors (Lipinski definition) is 1. The molecule has 0 saturated heterocycles. The minimum Gasteiger partial charge on any atom is -0.468 e. The summed E-state index contributed by atoms with van der Waals surface area (Å²) in [5.41, 5.74) is 1.09. The molecule has 2 aromatic rings. The van der Waals surface area contributed by atoms with Crippen LogP contribution in [0.15, 0.2) is 40.4 Å². The SMILES string of the molecule is Cc1cnc(SC(C)CNCc2ccco2)nc1. The highest BCUT2D eigenvalue weighted by Crippen LogP contribution is 2.18. The van der Waals surface area contributed by atoms with Gasteiger partial charge in [0.25, 0.3) is 0 Å². The molecule has 1 unspecified atom stereocenters. The topological polar surface area (TPSA) is 51.0 Å². The van der Waals surface area contributed by atoms with E-state index in [9.17, 15) is 0 Å². The molecular formula is C13H17N3OS. The highest BCUT2D eigenvalue weighted by Gasteiger charge is 2.06. The zero-order valence-electron chi connectivity index (χ0n) is 10.6. The summed E-state index contributed by atoms with van der Waals surface area (Å²) in [6, 6.07) is 3.86. The normalized spacial score (nSPS) is 12.6. The maximum atomic E-state index is 5.25. The van der Waals surface area contributed by atoms with Crippen LogP contribution in [-0.2, 0) is 6.54 Å². The summed E-state index contributed by atoms with van der Waals surface area (Å²) in [5.74, 6) is 0.957. The van der Waals surface area contributed by atoms with Gasteiger partial charge in [0.05, 0.1) is 12.8 Å². The molecule has 0 saturated carbocycles. The number of nitrogens with zero attached hydrogens (tertiary/aromatic N) is 2. The Morgan fingerprint density at radius 2 is 2.17 bits per heavy atom. The lowest BCUT2D eigenvalue weighted by molar-refractivity contribution is 0.484. The Bertz CT molecular complexity index is 456. The molecule has 0 aliphatic carbocycles. The molecule has 0 aliphatic heterocycles. The average molecular weight is 263 g/mol. The van der Waals surface area contributed by atoms with Crippen LogP contribution in [0.2, 0.25) is 0 Å². The zero-order valence-corrected chi connectivity index (χ0v) is 11.4. The summed E-state index contributed by atoms with van der Waals surface area (Å²) in [4.78, 5) is 8.56. The third-order valence-corrected chi connectivity index (χ3v) is 3.37. The number of aryl methyl sites for hydroxylation is 1. The number of aromatic nitrogens is 2. The van der Waals surface area contributed by atoms with Gasteiger partial charge < -0.3 is 9.73 Å². The maximum absolute atomic E-state index is 5.25. The van der Waals surface area contributed by atoms with Crippen molar-refractivity contribution in [2.45, 2.75) is 30.8 Å². The fourth-order valence-electron chi connectivity index (χ4n) is 1.48. The first-order valence-electron chi connectivity index (χ1n) is 5.92. The van der Waals surface area contributed by atoms with E-state index in [2.05, 4.69) is 22.2 Å². The molecule has 0 amide bonds. The molecule has 2 heterocycles. The van der Waals surface area contributed by atoms with Crippen molar-refractivity contribution in [1.29, 1.82) is 0 Å². The predicted octanol–water partition coefficient (Wildman–Crippen LogP) is 2.65. The Balaban J connectivity index is 1.71. The molecule has 18 heavy (non-hydrogen) atoms. The van der Waals surface area contributed by atoms with Gasteiger partial charge in [-0.15, -0.1) is 0 Å². The number of rotatable bonds is 6. The largest absolute Gasteiger partial charge is 0.468 e. The zero-order chi connectivity index (χ0) is 12.8. The van der Waals surface area contributed by atoms with Gasteiger partial charge in [0.2, 0.25) is 0 Å². The first-order chi connectivity index (χ1) is 8.74. The third-order valence-electron chi connectivity index (χ3n) is 2.37. The van der Waals surface area contributed by atoms with Crippen molar-refractivity contribution < 1.29 is 4.42 Å². The van der Waals surface area contributed by atoms with E-state index in [0.29, 0.717) is 5.25 Å². The molecule has 1 atom stereocenters. The van der Waals surface area contributed by atoms with Crippen molar-refractivity contribution in [1.82, 2.24) is 15.3 Å². The standard InChI is InChI=1S/C13H17N3OS/c1-10-6-15-13(16-7-10)18-11(2)8-14-9-12-4-3-5-17-12/h3-7,11,14H,8-9H2,1-2H3. The predicted molar refractivity (Wildman–Crippen MR) is 72.5 cm³/mol. The van der Waals surface area contributed by atoms with Crippen LogP contribution in [0.5, 0.6) is 0 Å². The molecule has 2 rings (SSSR count). The van der Waals surface area contributed by atoms with Gasteiger partial charge in [0, 0.05) is 24.2 Å². The number of hydrogen-bond acceptors (Lipinski definition) is 5. The van der Waals surface area contributed by atoms with Crippen LogP contribution in [-0.4, -0.2) is 21.8 Å². The van der Waals surface area contributed by atoms with Gasteiger partial charge >= 0.3 is 0 Å². The van der Waals surface area contributed by atoms with E-state index in [-0.39, 0.29) is 0 Å². The second-order valence-electron chi connectivity index (χ2n) is 4.18. The molecule has 0 bridgehead atoms. The molecule has 1 N–H and O–H groups in total. The summed E-state index contributed by atoms with van der Waals surface area (Å²) in [6.07, 6.45) is 5.38. The highest BCUT2D eigenvalue weighted by atomic mass is 32.2. The summed E-state index contributed by atoms with van der Waals surface area (Å²) in [7, 11) is 0. The van der Waals surface area contributed by atoms with Crippen molar-refractivity contribution >= 4 is 11.8 Å². The molecule has 5 heteroatoms. The minimum atomic E-state index is 0.419. The van der Waals surface area contributed by atoms with Crippen LogP contribution in [0.3, 0.4) is 0 Å². The fourth-order valence-corrected chi connectivity index (χ4v) is 2.26. The second kappa shape index (κ2) is 6.56. The number of thioether (sulfide) groups is 1. The lowest BCUT2D eigenvalue weighted by Gasteiger charge is -2.10. The van der Waals surface area contributed by atoms with E-state index in [1.54, 1.807) is 18.0 Å². The second-order valence-corrected chi connectivity index (χ2v) is 5.59. The molecule has 4 nitrogen and oxygen atoms in total. The Hall–Kier alpha value is -1.33. The van der Waals surface area contributed by atoms with Gasteiger partial charge in [0.1, 0.15) is 5.76 Å². The number of nitrogens with one attached hydrogen (secondary N) is 1. The van der Waals surface area contributed by atoms with Crippen LogP contribution in [0.1, 0.15) is 18.2 Å². The molecule has 0 spiro atoms. The van der Waals surface area contributed by atoms with E-state index in [1.807, 2.05) is 31.5 Å². The summed E-state index contributed by atoms with van der Waals surface area (Å²) in [5, 5.41) is 4.59. The third kappa shape index (κ3) is 4.16. The van der Waals surface area contributed by atoms with E-state index in [4.69, 9.17) is 4.42 Å². The van der Waals surface area contributed by atoms with Crippen LogP contribution < -0.4 is 5.32 Å². The Morgan fingerprint density at radius 3 is 2.83 bits per heavy atom. The molecule has 96 valence electrons.